The highest BCUT2D eigenvalue weighted by atomic mass is 35.5. The molecule has 2 N–H and O–H groups in total. The van der Waals surface area contributed by atoms with Crippen molar-refractivity contribution in [1.29, 1.82) is 0 Å². The van der Waals surface area contributed by atoms with Gasteiger partial charge in [-0.2, -0.15) is 13.2 Å². The minimum Gasteiger partial charge on any atom is -0.316 e. The fraction of sp³-hybridized carbons (Fsp3) is 0.250. The average Bonchev–Trinajstić information content (AvgIpc) is 2.02. The molecule has 1 aromatic carbocycles. The fourth-order valence-electron chi connectivity index (χ4n) is 0.904. The van der Waals surface area contributed by atoms with Gasteiger partial charge in [-0.3, -0.25) is 0 Å². The normalized spacial score (nSPS) is 14.2. The summed E-state index contributed by atoms with van der Waals surface area (Å²) in [6, 6.07) is 3.64. The molecule has 0 saturated heterocycles. The third kappa shape index (κ3) is 2.35. The van der Waals surface area contributed by atoms with E-state index in [9.17, 15) is 13.2 Å². The van der Waals surface area contributed by atoms with Gasteiger partial charge in [0.15, 0.2) is 0 Å². The minimum atomic E-state index is -4.45. The van der Waals surface area contributed by atoms with Crippen LogP contribution in [0.2, 0.25) is 5.02 Å². The van der Waals surface area contributed by atoms with E-state index in [0.29, 0.717) is 0 Å². The number of benzene rings is 1. The van der Waals surface area contributed by atoms with Crippen molar-refractivity contribution in [2.75, 3.05) is 0 Å². The second-order valence-corrected chi connectivity index (χ2v) is 2.95. The van der Waals surface area contributed by atoms with Crippen LogP contribution in [0.15, 0.2) is 24.3 Å². The standard InChI is InChI=1S/C8H7ClF3N/c9-6-4-2-1-3-5(6)7(13)8(10,11)12/h1-4,7H,13H2/t7-/m0/s1. The van der Waals surface area contributed by atoms with E-state index >= 15 is 0 Å². The van der Waals surface area contributed by atoms with E-state index in [0.717, 1.165) is 0 Å². The maximum absolute atomic E-state index is 12.1. The van der Waals surface area contributed by atoms with Gasteiger partial charge in [0.25, 0.3) is 0 Å². The lowest BCUT2D eigenvalue weighted by Crippen LogP contribution is -2.28. The molecular formula is C8H7ClF3N. The van der Waals surface area contributed by atoms with Crippen LogP contribution in [0.5, 0.6) is 0 Å². The molecule has 0 amide bonds. The van der Waals surface area contributed by atoms with Crippen LogP contribution >= 0.6 is 11.6 Å². The first-order valence-electron chi connectivity index (χ1n) is 3.49. The molecule has 72 valence electrons. The van der Waals surface area contributed by atoms with E-state index in [1.807, 2.05) is 0 Å². The zero-order valence-corrected chi connectivity index (χ0v) is 7.23. The molecule has 1 nitrogen and oxygen atoms in total. The second-order valence-electron chi connectivity index (χ2n) is 2.54. The van der Waals surface area contributed by atoms with Crippen LogP contribution in [0.25, 0.3) is 0 Å². The van der Waals surface area contributed by atoms with Crippen molar-refractivity contribution in [3.05, 3.63) is 34.9 Å². The van der Waals surface area contributed by atoms with Gasteiger partial charge >= 0.3 is 6.18 Å². The summed E-state index contributed by atoms with van der Waals surface area (Å²) in [6.07, 6.45) is -4.45. The van der Waals surface area contributed by atoms with E-state index in [4.69, 9.17) is 17.3 Å². The van der Waals surface area contributed by atoms with E-state index in [2.05, 4.69) is 0 Å². The third-order valence-electron chi connectivity index (χ3n) is 1.59. The summed E-state index contributed by atoms with van der Waals surface area (Å²) in [5.74, 6) is 0. The number of rotatable bonds is 1. The lowest BCUT2D eigenvalue weighted by atomic mass is 10.1. The van der Waals surface area contributed by atoms with Gasteiger partial charge in [0.2, 0.25) is 0 Å². The van der Waals surface area contributed by atoms with E-state index in [-0.39, 0.29) is 10.6 Å². The Morgan fingerprint density at radius 3 is 2.23 bits per heavy atom. The predicted octanol–water partition coefficient (Wildman–Crippen LogP) is 2.90. The molecule has 0 aliphatic rings. The number of alkyl halides is 3. The minimum absolute atomic E-state index is 0.0346. The molecule has 0 fully saturated rings. The predicted molar refractivity (Wildman–Crippen MR) is 44.4 cm³/mol. The molecule has 0 aliphatic heterocycles. The van der Waals surface area contributed by atoms with E-state index in [1.54, 1.807) is 6.07 Å². The van der Waals surface area contributed by atoms with Gasteiger partial charge in [0.05, 0.1) is 0 Å². The molecule has 1 rings (SSSR count). The van der Waals surface area contributed by atoms with Crippen molar-refractivity contribution in [2.45, 2.75) is 12.2 Å². The van der Waals surface area contributed by atoms with E-state index in [1.165, 1.54) is 18.2 Å². The van der Waals surface area contributed by atoms with Crippen LogP contribution in [0.4, 0.5) is 13.2 Å². The molecule has 0 spiro atoms. The van der Waals surface area contributed by atoms with Crippen molar-refractivity contribution < 1.29 is 13.2 Å². The first kappa shape index (κ1) is 10.3. The zero-order valence-electron chi connectivity index (χ0n) is 6.48. The number of halogens is 4. The van der Waals surface area contributed by atoms with Crippen molar-refractivity contribution in [3.63, 3.8) is 0 Å². The largest absolute Gasteiger partial charge is 0.407 e. The van der Waals surface area contributed by atoms with Gasteiger partial charge in [-0.05, 0) is 11.6 Å². The Bertz CT molecular complexity index is 298. The summed E-state index contributed by atoms with van der Waals surface area (Å²) in [7, 11) is 0. The van der Waals surface area contributed by atoms with Crippen molar-refractivity contribution >= 4 is 11.6 Å². The van der Waals surface area contributed by atoms with Crippen LogP contribution < -0.4 is 5.73 Å². The molecule has 1 atom stereocenters. The highest BCUT2D eigenvalue weighted by Crippen LogP contribution is 2.33. The molecule has 0 radical (unpaired) electrons. The summed E-state index contributed by atoms with van der Waals surface area (Å²) in [5.41, 5.74) is 4.86. The maximum atomic E-state index is 12.1. The molecule has 0 aliphatic carbocycles. The molecule has 0 aromatic heterocycles. The fourth-order valence-corrected chi connectivity index (χ4v) is 1.16. The number of nitrogens with two attached hydrogens (primary N) is 1. The molecule has 0 heterocycles. The van der Waals surface area contributed by atoms with Crippen molar-refractivity contribution in [3.8, 4) is 0 Å². The highest BCUT2D eigenvalue weighted by molar-refractivity contribution is 6.31. The smallest absolute Gasteiger partial charge is 0.316 e. The van der Waals surface area contributed by atoms with Crippen LogP contribution in [0.1, 0.15) is 11.6 Å². The summed E-state index contributed by atoms with van der Waals surface area (Å²) in [5, 5.41) is 0.0346. The SMILES string of the molecule is N[C@@H](c1ccccc1Cl)C(F)(F)F. The molecule has 0 bridgehead atoms. The summed E-state index contributed by atoms with van der Waals surface area (Å²) in [6.45, 7) is 0. The topological polar surface area (TPSA) is 26.0 Å². The first-order valence-corrected chi connectivity index (χ1v) is 3.87. The molecule has 0 saturated carbocycles. The summed E-state index contributed by atoms with van der Waals surface area (Å²) in [4.78, 5) is 0. The second kappa shape index (κ2) is 3.55. The van der Waals surface area contributed by atoms with Gasteiger partial charge < -0.3 is 5.73 Å². The zero-order chi connectivity index (χ0) is 10.1. The Morgan fingerprint density at radius 1 is 1.23 bits per heavy atom. The van der Waals surface area contributed by atoms with Crippen LogP contribution in [0.3, 0.4) is 0 Å². The average molecular weight is 210 g/mol. The lowest BCUT2D eigenvalue weighted by Gasteiger charge is -2.16. The van der Waals surface area contributed by atoms with Gasteiger partial charge in [-0.1, -0.05) is 29.8 Å². The molecule has 1 aromatic rings. The van der Waals surface area contributed by atoms with Gasteiger partial charge in [-0.15, -0.1) is 0 Å². The van der Waals surface area contributed by atoms with Crippen molar-refractivity contribution in [1.82, 2.24) is 0 Å². The van der Waals surface area contributed by atoms with Crippen LogP contribution in [0, 0.1) is 0 Å². The van der Waals surface area contributed by atoms with Crippen LogP contribution in [-0.2, 0) is 0 Å². The monoisotopic (exact) mass is 209 g/mol. The quantitative estimate of drug-likeness (QED) is 0.756. The molecular weight excluding hydrogens is 203 g/mol. The van der Waals surface area contributed by atoms with Gasteiger partial charge in [0.1, 0.15) is 6.04 Å². The summed E-state index contributed by atoms with van der Waals surface area (Å²) >= 11 is 5.55. The number of hydrogen-bond donors (Lipinski definition) is 1. The first-order chi connectivity index (χ1) is 5.93. The van der Waals surface area contributed by atoms with Gasteiger partial charge in [0, 0.05) is 5.02 Å². The molecule has 0 unspecified atom stereocenters. The Morgan fingerprint density at radius 2 is 1.77 bits per heavy atom. The summed E-state index contributed by atoms with van der Waals surface area (Å²) < 4.78 is 36.4. The Labute approximate surface area is 78.3 Å². The maximum Gasteiger partial charge on any atom is 0.407 e. The molecule has 13 heavy (non-hydrogen) atoms. The molecule has 5 heteroatoms. The van der Waals surface area contributed by atoms with E-state index < -0.39 is 12.2 Å². The number of hydrogen-bond acceptors (Lipinski definition) is 1. The Kier molecular flexibility index (Phi) is 2.83. The highest BCUT2D eigenvalue weighted by Gasteiger charge is 2.38. The Balaban J connectivity index is 3.02. The lowest BCUT2D eigenvalue weighted by molar-refractivity contribution is -0.149. The van der Waals surface area contributed by atoms with Crippen molar-refractivity contribution in [2.24, 2.45) is 5.73 Å². The van der Waals surface area contributed by atoms with Gasteiger partial charge in [-0.25, -0.2) is 0 Å². The Hall–Kier alpha value is -0.740. The van der Waals surface area contributed by atoms with Crippen LogP contribution in [-0.4, -0.2) is 6.18 Å². The third-order valence-corrected chi connectivity index (χ3v) is 1.94.